The van der Waals surface area contributed by atoms with Crippen LogP contribution in [0.1, 0.15) is 38.5 Å². The number of nitrogens with two attached hydrogens (primary N) is 1. The maximum atomic E-state index is 5.99. The molecule has 0 spiro atoms. The van der Waals surface area contributed by atoms with Gasteiger partial charge in [0.15, 0.2) is 0 Å². The quantitative estimate of drug-likeness (QED) is 0.750. The molecule has 4 atom stereocenters. The van der Waals surface area contributed by atoms with E-state index in [2.05, 4.69) is 11.9 Å². The molecule has 3 fully saturated rings. The molecule has 2 N–H and O–H groups in total. The molecule has 2 bridgehead atoms. The third-order valence-electron chi connectivity index (χ3n) is 5.46. The molecule has 1 aliphatic carbocycles. The molecule has 15 heavy (non-hydrogen) atoms. The molecule has 1 saturated carbocycles. The van der Waals surface area contributed by atoms with E-state index in [1.165, 1.54) is 38.5 Å². The Morgan fingerprint density at radius 3 is 2.60 bits per heavy atom. The molecule has 0 radical (unpaired) electrons. The first-order chi connectivity index (χ1) is 7.31. The zero-order valence-electron chi connectivity index (χ0n) is 9.86. The van der Waals surface area contributed by atoms with E-state index < -0.39 is 0 Å². The summed E-state index contributed by atoms with van der Waals surface area (Å²) >= 11 is 0. The highest BCUT2D eigenvalue weighted by atomic mass is 15.2. The molecule has 2 heterocycles. The number of hydrogen-bond donors (Lipinski definition) is 1. The van der Waals surface area contributed by atoms with Crippen molar-refractivity contribution in [2.45, 2.75) is 50.6 Å². The Morgan fingerprint density at radius 1 is 1.20 bits per heavy atom. The van der Waals surface area contributed by atoms with E-state index in [9.17, 15) is 0 Å². The van der Waals surface area contributed by atoms with Crippen molar-refractivity contribution in [1.29, 1.82) is 0 Å². The fourth-order valence-corrected chi connectivity index (χ4v) is 4.39. The van der Waals surface area contributed by atoms with Crippen LogP contribution in [0.25, 0.3) is 0 Å². The molecule has 0 aromatic rings. The first-order valence-electron chi connectivity index (χ1n) is 6.73. The molecule has 3 aliphatic rings. The number of fused-ring (bicyclic) bond motifs is 2. The molecule has 2 saturated heterocycles. The zero-order valence-corrected chi connectivity index (χ0v) is 9.86. The van der Waals surface area contributed by atoms with Crippen molar-refractivity contribution in [2.24, 2.45) is 23.5 Å². The second kappa shape index (κ2) is 3.74. The molecular weight excluding hydrogens is 184 g/mol. The van der Waals surface area contributed by atoms with E-state index in [4.69, 9.17) is 5.73 Å². The van der Waals surface area contributed by atoms with E-state index >= 15 is 0 Å². The standard InChI is InChI=1S/C13H24N2/c1-15-11-5-6-12(15)13(9-3-2-4-9)10(7-11)8-14/h9-13H,2-8,14H2,1H3. The smallest absolute Gasteiger partial charge is 0.0130 e. The topological polar surface area (TPSA) is 29.3 Å². The monoisotopic (exact) mass is 208 g/mol. The molecule has 86 valence electrons. The Balaban J connectivity index is 1.80. The van der Waals surface area contributed by atoms with Gasteiger partial charge >= 0.3 is 0 Å². The Labute approximate surface area is 93.2 Å². The highest BCUT2D eigenvalue weighted by Crippen LogP contribution is 2.49. The maximum absolute atomic E-state index is 5.99. The second-order valence-corrected chi connectivity index (χ2v) is 5.96. The van der Waals surface area contributed by atoms with Gasteiger partial charge in [0.2, 0.25) is 0 Å². The molecule has 3 rings (SSSR count). The summed E-state index contributed by atoms with van der Waals surface area (Å²) in [5.41, 5.74) is 5.99. The van der Waals surface area contributed by atoms with Gasteiger partial charge in [-0.05, 0) is 50.6 Å². The summed E-state index contributed by atoms with van der Waals surface area (Å²) in [5.74, 6) is 2.79. The van der Waals surface area contributed by atoms with Gasteiger partial charge in [0, 0.05) is 12.1 Å². The zero-order chi connectivity index (χ0) is 10.4. The van der Waals surface area contributed by atoms with Gasteiger partial charge in [0.25, 0.3) is 0 Å². The van der Waals surface area contributed by atoms with Crippen LogP contribution >= 0.6 is 0 Å². The summed E-state index contributed by atoms with van der Waals surface area (Å²) in [4.78, 5) is 2.68. The van der Waals surface area contributed by atoms with Crippen LogP contribution in [0.2, 0.25) is 0 Å². The van der Waals surface area contributed by atoms with Crippen LogP contribution < -0.4 is 5.73 Å². The molecular formula is C13H24N2. The van der Waals surface area contributed by atoms with E-state index in [0.717, 1.165) is 36.4 Å². The number of rotatable bonds is 2. The Kier molecular flexibility index (Phi) is 2.52. The Morgan fingerprint density at radius 2 is 2.00 bits per heavy atom. The lowest BCUT2D eigenvalue weighted by Gasteiger charge is -2.48. The normalized spacial score (nSPS) is 46.8. The first kappa shape index (κ1) is 10.1. The van der Waals surface area contributed by atoms with Gasteiger partial charge in [-0.3, -0.25) is 0 Å². The van der Waals surface area contributed by atoms with Gasteiger partial charge in [-0.2, -0.15) is 0 Å². The van der Waals surface area contributed by atoms with Crippen molar-refractivity contribution in [3.63, 3.8) is 0 Å². The maximum Gasteiger partial charge on any atom is 0.0130 e. The van der Waals surface area contributed by atoms with Crippen LogP contribution in [0.3, 0.4) is 0 Å². The average molecular weight is 208 g/mol. The predicted octanol–water partition coefficient (Wildman–Crippen LogP) is 1.84. The van der Waals surface area contributed by atoms with E-state index in [1.54, 1.807) is 0 Å². The minimum Gasteiger partial charge on any atom is -0.330 e. The van der Waals surface area contributed by atoms with Crippen molar-refractivity contribution in [3.8, 4) is 0 Å². The molecule has 2 aliphatic heterocycles. The number of nitrogens with zero attached hydrogens (tertiary/aromatic N) is 1. The van der Waals surface area contributed by atoms with Gasteiger partial charge in [0.1, 0.15) is 0 Å². The van der Waals surface area contributed by atoms with Crippen molar-refractivity contribution in [3.05, 3.63) is 0 Å². The van der Waals surface area contributed by atoms with Crippen LogP contribution in [0.15, 0.2) is 0 Å². The summed E-state index contributed by atoms with van der Waals surface area (Å²) in [7, 11) is 2.35. The lowest BCUT2D eigenvalue weighted by atomic mass is 9.65. The van der Waals surface area contributed by atoms with Crippen molar-refractivity contribution in [2.75, 3.05) is 13.6 Å². The molecule has 0 aromatic heterocycles. The van der Waals surface area contributed by atoms with Crippen molar-refractivity contribution >= 4 is 0 Å². The van der Waals surface area contributed by atoms with E-state index in [0.29, 0.717) is 0 Å². The largest absolute Gasteiger partial charge is 0.330 e. The van der Waals surface area contributed by atoms with Crippen LogP contribution in [-0.4, -0.2) is 30.6 Å². The summed E-state index contributed by atoms with van der Waals surface area (Å²) in [6.07, 6.45) is 8.69. The highest BCUT2D eigenvalue weighted by molar-refractivity contribution is 5.02. The molecule has 2 heteroatoms. The number of hydrogen-bond acceptors (Lipinski definition) is 2. The third-order valence-corrected chi connectivity index (χ3v) is 5.46. The fraction of sp³-hybridized carbons (Fsp3) is 1.00. The number of piperidine rings is 1. The minimum absolute atomic E-state index is 0.837. The Hall–Kier alpha value is -0.0800. The highest BCUT2D eigenvalue weighted by Gasteiger charge is 2.48. The van der Waals surface area contributed by atoms with Crippen LogP contribution in [0.5, 0.6) is 0 Å². The van der Waals surface area contributed by atoms with Gasteiger partial charge in [-0.25, -0.2) is 0 Å². The predicted molar refractivity (Wildman–Crippen MR) is 62.6 cm³/mol. The molecule has 2 nitrogen and oxygen atoms in total. The lowest BCUT2D eigenvalue weighted by molar-refractivity contribution is 0.00943. The molecule has 4 unspecified atom stereocenters. The second-order valence-electron chi connectivity index (χ2n) is 5.96. The van der Waals surface area contributed by atoms with Gasteiger partial charge in [-0.15, -0.1) is 0 Å². The summed E-state index contributed by atoms with van der Waals surface area (Å²) in [6, 6.07) is 1.74. The fourth-order valence-electron chi connectivity index (χ4n) is 4.39. The van der Waals surface area contributed by atoms with Crippen molar-refractivity contribution < 1.29 is 0 Å². The van der Waals surface area contributed by atoms with E-state index in [-0.39, 0.29) is 0 Å². The van der Waals surface area contributed by atoms with Crippen LogP contribution in [0, 0.1) is 17.8 Å². The van der Waals surface area contributed by atoms with Crippen LogP contribution in [-0.2, 0) is 0 Å². The average Bonchev–Trinajstić information content (AvgIpc) is 2.42. The van der Waals surface area contributed by atoms with Crippen LogP contribution in [0.4, 0.5) is 0 Å². The van der Waals surface area contributed by atoms with Crippen molar-refractivity contribution in [1.82, 2.24) is 4.90 Å². The first-order valence-corrected chi connectivity index (χ1v) is 6.73. The summed E-state index contributed by atoms with van der Waals surface area (Å²) < 4.78 is 0. The van der Waals surface area contributed by atoms with Gasteiger partial charge < -0.3 is 10.6 Å². The van der Waals surface area contributed by atoms with Gasteiger partial charge in [-0.1, -0.05) is 19.3 Å². The van der Waals surface area contributed by atoms with Gasteiger partial charge in [0.05, 0.1) is 0 Å². The summed E-state index contributed by atoms with van der Waals surface area (Å²) in [5, 5.41) is 0. The lowest BCUT2D eigenvalue weighted by Crippen LogP contribution is -2.52. The third kappa shape index (κ3) is 1.45. The van der Waals surface area contributed by atoms with E-state index in [1.807, 2.05) is 0 Å². The Bertz CT molecular complexity index is 237. The molecule has 0 aromatic carbocycles. The minimum atomic E-state index is 0.837. The molecule has 0 amide bonds. The summed E-state index contributed by atoms with van der Waals surface area (Å²) in [6.45, 7) is 0.933. The SMILES string of the molecule is CN1C2CCC1C(C1CCC1)C(CN)C2.